The summed E-state index contributed by atoms with van der Waals surface area (Å²) >= 11 is 0. The van der Waals surface area contributed by atoms with Crippen LogP contribution in [0.3, 0.4) is 0 Å². The van der Waals surface area contributed by atoms with E-state index in [1.807, 2.05) is 6.20 Å². The van der Waals surface area contributed by atoms with Gasteiger partial charge in [0, 0.05) is 0 Å². The molecule has 1 aliphatic heterocycles. The maximum Gasteiger partial charge on any atom is 0.118 e. The van der Waals surface area contributed by atoms with Crippen LogP contribution in [-0.4, -0.2) is 13.7 Å². The average Bonchev–Trinajstić information content (AvgIpc) is 2.06. The minimum atomic E-state index is 0.836. The van der Waals surface area contributed by atoms with Crippen molar-refractivity contribution >= 4 is 0 Å². The van der Waals surface area contributed by atoms with Crippen molar-refractivity contribution in [2.24, 2.45) is 0 Å². The summed E-state index contributed by atoms with van der Waals surface area (Å²) in [5, 5.41) is 3.11. The van der Waals surface area contributed by atoms with Gasteiger partial charge in [0.1, 0.15) is 5.76 Å². The zero-order valence-electron chi connectivity index (χ0n) is 7.18. The first kappa shape index (κ1) is 8.18. The molecule has 0 aromatic carbocycles. The molecule has 0 bridgehead atoms. The van der Waals surface area contributed by atoms with Crippen molar-refractivity contribution in [1.29, 1.82) is 0 Å². The molecule has 1 N–H and O–H groups in total. The van der Waals surface area contributed by atoms with Gasteiger partial charge < -0.3 is 10.1 Å². The third kappa shape index (κ3) is 2.00. The zero-order chi connectivity index (χ0) is 8.10. The first-order valence-corrected chi connectivity index (χ1v) is 4.04. The molecule has 0 atom stereocenters. The van der Waals surface area contributed by atoms with Crippen molar-refractivity contribution in [2.45, 2.75) is 19.8 Å². The van der Waals surface area contributed by atoms with Gasteiger partial charge in [-0.25, -0.2) is 0 Å². The molecule has 0 amide bonds. The lowest BCUT2D eigenvalue weighted by atomic mass is 10.1. The highest BCUT2D eigenvalue weighted by Gasteiger charge is 2.05. The molecule has 0 radical (unpaired) electrons. The molecule has 0 aromatic heterocycles. The standard InChI is InChI=1S/C9H15NO/c1-3-4-8-5-6-10-7-9(8)11-2/h5-6,10H,3-4,7H2,1-2H3. The molecule has 1 aliphatic rings. The average molecular weight is 153 g/mol. The number of dihydropyridines is 1. The summed E-state index contributed by atoms with van der Waals surface area (Å²) in [7, 11) is 1.73. The van der Waals surface area contributed by atoms with E-state index in [1.54, 1.807) is 7.11 Å². The third-order valence-electron chi connectivity index (χ3n) is 1.79. The van der Waals surface area contributed by atoms with Gasteiger partial charge in [-0.1, -0.05) is 13.3 Å². The first-order chi connectivity index (χ1) is 5.38. The summed E-state index contributed by atoms with van der Waals surface area (Å²) in [6.45, 7) is 3.01. The Hall–Kier alpha value is -0.920. The molecule has 2 nitrogen and oxygen atoms in total. The van der Waals surface area contributed by atoms with Gasteiger partial charge in [-0.15, -0.1) is 0 Å². The molecular formula is C9H15NO. The highest BCUT2D eigenvalue weighted by molar-refractivity contribution is 5.26. The maximum atomic E-state index is 5.22. The molecule has 0 spiro atoms. The summed E-state index contributed by atoms with van der Waals surface area (Å²) in [5.41, 5.74) is 1.33. The summed E-state index contributed by atoms with van der Waals surface area (Å²) in [5.74, 6) is 1.08. The smallest absolute Gasteiger partial charge is 0.118 e. The van der Waals surface area contributed by atoms with E-state index < -0.39 is 0 Å². The normalized spacial score (nSPS) is 16.5. The fraction of sp³-hybridized carbons (Fsp3) is 0.556. The van der Waals surface area contributed by atoms with Crippen LogP contribution in [0.1, 0.15) is 19.8 Å². The highest BCUT2D eigenvalue weighted by atomic mass is 16.5. The van der Waals surface area contributed by atoms with Crippen LogP contribution in [0.2, 0.25) is 0 Å². The van der Waals surface area contributed by atoms with Crippen LogP contribution in [0.5, 0.6) is 0 Å². The highest BCUT2D eigenvalue weighted by Crippen LogP contribution is 2.15. The topological polar surface area (TPSA) is 21.3 Å². The summed E-state index contributed by atoms with van der Waals surface area (Å²) in [4.78, 5) is 0. The van der Waals surface area contributed by atoms with Gasteiger partial charge in [0.15, 0.2) is 0 Å². The van der Waals surface area contributed by atoms with Crippen LogP contribution in [-0.2, 0) is 4.74 Å². The van der Waals surface area contributed by atoms with E-state index in [4.69, 9.17) is 4.74 Å². The Balaban J connectivity index is 2.66. The Kier molecular flexibility index (Phi) is 3.02. The summed E-state index contributed by atoms with van der Waals surface area (Å²) in [6.07, 6.45) is 6.35. The Bertz CT molecular complexity index is 182. The van der Waals surface area contributed by atoms with E-state index in [-0.39, 0.29) is 0 Å². The van der Waals surface area contributed by atoms with Crippen LogP contribution < -0.4 is 5.32 Å². The van der Waals surface area contributed by atoms with Gasteiger partial charge in [0.05, 0.1) is 13.7 Å². The monoisotopic (exact) mass is 153 g/mol. The number of methoxy groups -OCH3 is 1. The number of hydrogen-bond donors (Lipinski definition) is 1. The quantitative estimate of drug-likeness (QED) is 0.667. The van der Waals surface area contributed by atoms with Gasteiger partial charge in [0.2, 0.25) is 0 Å². The van der Waals surface area contributed by atoms with Crippen LogP contribution in [0.15, 0.2) is 23.6 Å². The molecule has 1 rings (SSSR count). The Morgan fingerprint density at radius 3 is 3.09 bits per heavy atom. The number of allylic oxidation sites excluding steroid dienone is 2. The van der Waals surface area contributed by atoms with Crippen molar-refractivity contribution in [2.75, 3.05) is 13.7 Å². The molecular weight excluding hydrogens is 138 g/mol. The molecule has 0 aromatic rings. The van der Waals surface area contributed by atoms with Crippen molar-refractivity contribution in [3.8, 4) is 0 Å². The Morgan fingerprint density at radius 2 is 2.45 bits per heavy atom. The molecule has 0 unspecified atom stereocenters. The second-order valence-electron chi connectivity index (χ2n) is 2.62. The molecule has 1 heterocycles. The van der Waals surface area contributed by atoms with Crippen molar-refractivity contribution < 1.29 is 4.74 Å². The molecule has 11 heavy (non-hydrogen) atoms. The third-order valence-corrected chi connectivity index (χ3v) is 1.79. The second kappa shape index (κ2) is 4.06. The van der Waals surface area contributed by atoms with Crippen LogP contribution in [0.25, 0.3) is 0 Å². The molecule has 0 fully saturated rings. The maximum absolute atomic E-state index is 5.22. The van der Waals surface area contributed by atoms with E-state index in [2.05, 4.69) is 18.3 Å². The van der Waals surface area contributed by atoms with Crippen LogP contribution >= 0.6 is 0 Å². The first-order valence-electron chi connectivity index (χ1n) is 4.04. The summed E-state index contributed by atoms with van der Waals surface area (Å²) < 4.78 is 5.22. The van der Waals surface area contributed by atoms with E-state index in [9.17, 15) is 0 Å². The SMILES string of the molecule is CCCC1=C(OC)CNC=C1. The number of nitrogens with one attached hydrogen (secondary N) is 1. The molecule has 0 aliphatic carbocycles. The van der Waals surface area contributed by atoms with Crippen LogP contribution in [0, 0.1) is 0 Å². The molecule has 62 valence electrons. The predicted octanol–water partition coefficient (Wildman–Crippen LogP) is 1.80. The predicted molar refractivity (Wildman–Crippen MR) is 46.1 cm³/mol. The lowest BCUT2D eigenvalue weighted by molar-refractivity contribution is 0.276. The molecule has 0 saturated heterocycles. The van der Waals surface area contributed by atoms with Gasteiger partial charge in [-0.2, -0.15) is 0 Å². The van der Waals surface area contributed by atoms with Crippen LogP contribution in [0.4, 0.5) is 0 Å². The molecule has 2 heteroatoms. The fourth-order valence-electron chi connectivity index (χ4n) is 1.21. The minimum Gasteiger partial charge on any atom is -0.499 e. The van der Waals surface area contributed by atoms with Gasteiger partial charge in [-0.05, 0) is 24.3 Å². The van der Waals surface area contributed by atoms with Crippen molar-refractivity contribution in [3.63, 3.8) is 0 Å². The number of hydrogen-bond acceptors (Lipinski definition) is 2. The van der Waals surface area contributed by atoms with E-state index in [0.29, 0.717) is 0 Å². The largest absolute Gasteiger partial charge is 0.499 e. The lowest BCUT2D eigenvalue weighted by Gasteiger charge is -2.15. The van der Waals surface area contributed by atoms with Gasteiger partial charge in [-0.3, -0.25) is 0 Å². The van der Waals surface area contributed by atoms with E-state index in [1.165, 1.54) is 12.0 Å². The van der Waals surface area contributed by atoms with Crippen molar-refractivity contribution in [1.82, 2.24) is 5.32 Å². The number of ether oxygens (including phenoxy) is 1. The lowest BCUT2D eigenvalue weighted by Crippen LogP contribution is -2.16. The second-order valence-corrected chi connectivity index (χ2v) is 2.62. The van der Waals surface area contributed by atoms with Gasteiger partial charge >= 0.3 is 0 Å². The number of rotatable bonds is 3. The van der Waals surface area contributed by atoms with Crippen molar-refractivity contribution in [3.05, 3.63) is 23.6 Å². The summed E-state index contributed by atoms with van der Waals surface area (Å²) in [6, 6.07) is 0. The minimum absolute atomic E-state index is 0.836. The Morgan fingerprint density at radius 1 is 1.64 bits per heavy atom. The molecule has 0 saturated carbocycles. The Labute approximate surface area is 67.9 Å². The zero-order valence-corrected chi connectivity index (χ0v) is 7.18. The van der Waals surface area contributed by atoms with E-state index >= 15 is 0 Å². The van der Waals surface area contributed by atoms with Gasteiger partial charge in [0.25, 0.3) is 0 Å². The van der Waals surface area contributed by atoms with E-state index in [0.717, 1.165) is 18.7 Å². The fourth-order valence-corrected chi connectivity index (χ4v) is 1.21.